The third-order valence-corrected chi connectivity index (χ3v) is 3.14. The zero-order valence-corrected chi connectivity index (χ0v) is 13.5. The standard InChI is InChI=1S/C7H6BrNO.C7H5BrO.H2O/c8-7-3-1-6(2-4-7)5-9-10;8-7-3-1-6(5-9)2-4-7;/h1-5,10H;1-5H;1H2/b9-5+;;. The second-order valence-electron chi connectivity index (χ2n) is 3.47. The molecule has 2 rings (SSSR count). The van der Waals surface area contributed by atoms with Gasteiger partial charge in [0.1, 0.15) is 6.29 Å². The van der Waals surface area contributed by atoms with Crippen molar-refractivity contribution in [1.29, 1.82) is 0 Å². The lowest BCUT2D eigenvalue weighted by Crippen LogP contribution is -1.77. The van der Waals surface area contributed by atoms with Gasteiger partial charge < -0.3 is 10.7 Å². The summed E-state index contributed by atoms with van der Waals surface area (Å²) in [4.78, 5) is 10.1. The Labute approximate surface area is 133 Å². The van der Waals surface area contributed by atoms with Gasteiger partial charge >= 0.3 is 0 Å². The minimum Gasteiger partial charge on any atom is -0.412 e. The number of oxime groups is 1. The second kappa shape index (κ2) is 10.3. The number of carbonyl (C=O) groups is 1. The highest BCUT2D eigenvalue weighted by atomic mass is 79.9. The van der Waals surface area contributed by atoms with E-state index in [1.54, 1.807) is 12.1 Å². The molecule has 0 aromatic heterocycles. The molecule has 0 aliphatic rings. The molecule has 2 aromatic carbocycles. The number of hydrogen-bond acceptors (Lipinski definition) is 3. The van der Waals surface area contributed by atoms with Gasteiger partial charge in [-0.3, -0.25) is 4.79 Å². The molecule has 0 unspecified atom stereocenters. The Kier molecular flexibility index (Phi) is 9.53. The third-order valence-electron chi connectivity index (χ3n) is 2.08. The van der Waals surface area contributed by atoms with E-state index in [9.17, 15) is 4.79 Å². The molecule has 0 saturated heterocycles. The number of nitrogens with zero attached hydrogens (tertiary/aromatic N) is 1. The van der Waals surface area contributed by atoms with Crippen LogP contribution in [-0.4, -0.2) is 23.2 Å². The molecule has 0 spiro atoms. The summed E-state index contributed by atoms with van der Waals surface area (Å²) in [6.45, 7) is 0. The fourth-order valence-electron chi connectivity index (χ4n) is 1.16. The van der Waals surface area contributed by atoms with E-state index in [4.69, 9.17) is 5.21 Å². The average Bonchev–Trinajstić information content (AvgIpc) is 2.43. The van der Waals surface area contributed by atoms with Crippen molar-refractivity contribution in [2.45, 2.75) is 0 Å². The first kappa shape index (κ1) is 18.5. The van der Waals surface area contributed by atoms with Gasteiger partial charge in [0.2, 0.25) is 0 Å². The van der Waals surface area contributed by atoms with Crippen LogP contribution in [0.4, 0.5) is 0 Å². The highest BCUT2D eigenvalue weighted by Crippen LogP contribution is 2.09. The van der Waals surface area contributed by atoms with Crippen LogP contribution in [-0.2, 0) is 0 Å². The molecule has 0 atom stereocenters. The highest BCUT2D eigenvalue weighted by Gasteiger charge is 1.87. The maximum Gasteiger partial charge on any atom is 0.150 e. The molecule has 0 aliphatic carbocycles. The summed E-state index contributed by atoms with van der Waals surface area (Å²) in [5.74, 6) is 0. The van der Waals surface area contributed by atoms with Crippen LogP contribution in [0.25, 0.3) is 0 Å². The third kappa shape index (κ3) is 7.18. The minimum absolute atomic E-state index is 0. The van der Waals surface area contributed by atoms with Crippen molar-refractivity contribution in [2.24, 2.45) is 5.16 Å². The first-order valence-electron chi connectivity index (χ1n) is 5.29. The first-order chi connectivity index (χ1) is 9.15. The lowest BCUT2D eigenvalue weighted by Gasteiger charge is -1.89. The fourth-order valence-corrected chi connectivity index (χ4v) is 1.69. The van der Waals surface area contributed by atoms with E-state index < -0.39 is 0 Å². The average molecular weight is 403 g/mol. The molecule has 6 heteroatoms. The molecule has 0 saturated carbocycles. The Morgan fingerprint density at radius 1 is 0.850 bits per heavy atom. The lowest BCUT2D eigenvalue weighted by molar-refractivity contribution is 0.112. The summed E-state index contributed by atoms with van der Waals surface area (Å²) >= 11 is 6.55. The number of carbonyl (C=O) groups excluding carboxylic acids is 1. The Balaban J connectivity index is 0.000000345. The first-order valence-corrected chi connectivity index (χ1v) is 6.88. The van der Waals surface area contributed by atoms with Crippen molar-refractivity contribution in [3.8, 4) is 0 Å². The lowest BCUT2D eigenvalue weighted by atomic mass is 10.2. The van der Waals surface area contributed by atoms with E-state index in [1.165, 1.54) is 6.21 Å². The normalized spacial score (nSPS) is 9.30. The van der Waals surface area contributed by atoms with E-state index >= 15 is 0 Å². The molecule has 2 aromatic rings. The van der Waals surface area contributed by atoms with Gasteiger partial charge in [0.15, 0.2) is 0 Å². The molecule has 0 heterocycles. The molecule has 0 bridgehead atoms. The predicted octanol–water partition coefficient (Wildman–Crippen LogP) is 3.69. The van der Waals surface area contributed by atoms with Crippen molar-refractivity contribution in [1.82, 2.24) is 0 Å². The monoisotopic (exact) mass is 401 g/mol. The van der Waals surface area contributed by atoms with Crippen LogP contribution in [0.2, 0.25) is 0 Å². The Bertz CT molecular complexity index is 539. The van der Waals surface area contributed by atoms with Gasteiger partial charge in [-0.2, -0.15) is 0 Å². The van der Waals surface area contributed by atoms with E-state index in [0.717, 1.165) is 20.8 Å². The van der Waals surface area contributed by atoms with Crippen LogP contribution < -0.4 is 0 Å². The van der Waals surface area contributed by atoms with Crippen molar-refractivity contribution in [2.75, 3.05) is 0 Å². The Morgan fingerprint density at radius 3 is 1.60 bits per heavy atom. The largest absolute Gasteiger partial charge is 0.412 e. The SMILES string of the molecule is O.O/N=C/c1ccc(Br)cc1.O=Cc1ccc(Br)cc1. The van der Waals surface area contributed by atoms with Crippen molar-refractivity contribution in [3.05, 3.63) is 68.6 Å². The smallest absolute Gasteiger partial charge is 0.150 e. The summed E-state index contributed by atoms with van der Waals surface area (Å²) < 4.78 is 2.01. The summed E-state index contributed by atoms with van der Waals surface area (Å²) in [7, 11) is 0. The minimum atomic E-state index is 0. The number of hydrogen-bond donors (Lipinski definition) is 1. The number of aldehydes is 1. The number of halogens is 2. The Hall–Kier alpha value is -1.50. The summed E-state index contributed by atoms with van der Waals surface area (Å²) in [5, 5.41) is 11.0. The Morgan fingerprint density at radius 2 is 1.25 bits per heavy atom. The molecular formula is C14H13Br2NO3. The van der Waals surface area contributed by atoms with Crippen LogP contribution in [0.15, 0.2) is 62.6 Å². The topological polar surface area (TPSA) is 81.2 Å². The van der Waals surface area contributed by atoms with Gasteiger partial charge in [0.05, 0.1) is 6.21 Å². The van der Waals surface area contributed by atoms with Crippen molar-refractivity contribution >= 4 is 44.4 Å². The number of rotatable bonds is 2. The van der Waals surface area contributed by atoms with Crippen molar-refractivity contribution < 1.29 is 15.5 Å². The van der Waals surface area contributed by atoms with Gasteiger partial charge in [-0.05, 0) is 29.8 Å². The van der Waals surface area contributed by atoms with E-state index in [2.05, 4.69) is 37.0 Å². The van der Waals surface area contributed by atoms with Crippen molar-refractivity contribution in [3.63, 3.8) is 0 Å². The van der Waals surface area contributed by atoms with Gasteiger partial charge in [0, 0.05) is 14.5 Å². The van der Waals surface area contributed by atoms with Gasteiger partial charge in [-0.25, -0.2) is 0 Å². The summed E-state index contributed by atoms with van der Waals surface area (Å²) in [6.07, 6.45) is 2.21. The molecular weight excluding hydrogens is 390 g/mol. The quantitative estimate of drug-likeness (QED) is 0.359. The number of benzene rings is 2. The zero-order valence-electron chi connectivity index (χ0n) is 10.3. The predicted molar refractivity (Wildman–Crippen MR) is 86.7 cm³/mol. The van der Waals surface area contributed by atoms with Crippen LogP contribution in [0.3, 0.4) is 0 Å². The van der Waals surface area contributed by atoms with Crippen LogP contribution in [0, 0.1) is 0 Å². The highest BCUT2D eigenvalue weighted by molar-refractivity contribution is 9.10. The molecule has 3 N–H and O–H groups in total. The maximum absolute atomic E-state index is 10.1. The summed E-state index contributed by atoms with van der Waals surface area (Å²) in [6, 6.07) is 14.7. The van der Waals surface area contributed by atoms with Crippen LogP contribution in [0.5, 0.6) is 0 Å². The molecule has 0 aliphatic heterocycles. The fraction of sp³-hybridized carbons (Fsp3) is 0. The van der Waals surface area contributed by atoms with Crippen LogP contribution >= 0.6 is 31.9 Å². The van der Waals surface area contributed by atoms with Gasteiger partial charge in [-0.15, -0.1) is 0 Å². The zero-order chi connectivity index (χ0) is 14.1. The molecule has 0 radical (unpaired) electrons. The van der Waals surface area contributed by atoms with Crippen LogP contribution in [0.1, 0.15) is 15.9 Å². The van der Waals surface area contributed by atoms with E-state index in [1.807, 2.05) is 36.4 Å². The molecule has 106 valence electrons. The molecule has 0 fully saturated rings. The molecule has 20 heavy (non-hydrogen) atoms. The summed E-state index contributed by atoms with van der Waals surface area (Å²) in [5.41, 5.74) is 1.59. The van der Waals surface area contributed by atoms with Gasteiger partial charge in [-0.1, -0.05) is 61.3 Å². The van der Waals surface area contributed by atoms with Gasteiger partial charge in [0.25, 0.3) is 0 Å². The second-order valence-corrected chi connectivity index (χ2v) is 5.30. The van der Waals surface area contributed by atoms with E-state index in [0.29, 0.717) is 5.56 Å². The molecule has 0 amide bonds. The van der Waals surface area contributed by atoms with E-state index in [-0.39, 0.29) is 5.48 Å². The molecule has 4 nitrogen and oxygen atoms in total. The maximum atomic E-state index is 10.1.